The zero-order chi connectivity index (χ0) is 37.1. The van der Waals surface area contributed by atoms with Crippen molar-refractivity contribution in [1.29, 1.82) is 0 Å². The standard InChI is InChI=1S/C45H50N4O3.Pt/c1-27-20-30(49-43(45(7,8)9)41(42(47-49)44(4,5)6)40-28(2)22-33(51-11)23-29(40)3)24-34(21-27)52-32-16-17-36-35-14-12-13-15-37(35)48(38(36)25-32)39-26-31(50-10)18-19-46-39;/h12-22,26,29,33,40H,23H2,1-11H3;/q-2;+2/t29-,33-,40?;/m0./s1. The third-order valence-corrected chi connectivity index (χ3v) is 10.2. The molecule has 0 aliphatic heterocycles. The molecular formula is C45H50N4O3Pt. The van der Waals surface area contributed by atoms with Gasteiger partial charge in [0.1, 0.15) is 11.6 Å². The summed E-state index contributed by atoms with van der Waals surface area (Å²) < 4.78 is 22.2. The van der Waals surface area contributed by atoms with E-state index in [1.165, 1.54) is 16.8 Å². The number of para-hydroxylation sites is 1. The molecule has 0 fully saturated rings. The van der Waals surface area contributed by atoms with Gasteiger partial charge >= 0.3 is 21.1 Å². The van der Waals surface area contributed by atoms with E-state index in [-0.39, 0.29) is 43.9 Å². The number of fused-ring (bicyclic) bond motifs is 3. The molecule has 7 rings (SSSR count). The van der Waals surface area contributed by atoms with E-state index in [1.54, 1.807) is 20.4 Å². The number of pyridine rings is 1. The molecule has 8 heteroatoms. The van der Waals surface area contributed by atoms with Crippen molar-refractivity contribution in [1.82, 2.24) is 19.3 Å². The van der Waals surface area contributed by atoms with E-state index in [1.807, 2.05) is 30.3 Å². The fraction of sp³-hybridized carbons (Fsp3) is 0.378. The van der Waals surface area contributed by atoms with E-state index in [0.29, 0.717) is 17.4 Å². The van der Waals surface area contributed by atoms with Crippen LogP contribution in [0.15, 0.2) is 78.5 Å². The van der Waals surface area contributed by atoms with Gasteiger partial charge in [-0.25, -0.2) is 4.98 Å². The molecule has 0 bridgehead atoms. The van der Waals surface area contributed by atoms with Crippen LogP contribution in [-0.4, -0.2) is 39.7 Å². The summed E-state index contributed by atoms with van der Waals surface area (Å²) in [5.74, 6) is 3.30. The molecule has 53 heavy (non-hydrogen) atoms. The minimum absolute atomic E-state index is 0. The number of aromatic nitrogens is 4. The number of ether oxygens (including phenoxy) is 3. The number of methoxy groups -OCH3 is 2. The van der Waals surface area contributed by atoms with E-state index in [9.17, 15) is 0 Å². The van der Waals surface area contributed by atoms with Crippen molar-refractivity contribution in [3.8, 4) is 28.8 Å². The molecule has 1 aliphatic carbocycles. The fourth-order valence-corrected chi connectivity index (χ4v) is 8.04. The van der Waals surface area contributed by atoms with Gasteiger partial charge in [0.05, 0.1) is 24.6 Å². The average Bonchev–Trinajstić information content (AvgIpc) is 3.65. The Morgan fingerprint density at radius 2 is 1.60 bits per heavy atom. The van der Waals surface area contributed by atoms with E-state index in [0.717, 1.165) is 56.7 Å². The minimum atomic E-state index is -0.205. The Kier molecular flexibility index (Phi) is 10.6. The Labute approximate surface area is 328 Å². The summed E-state index contributed by atoms with van der Waals surface area (Å²) in [4.78, 5) is 4.70. The molecular weight excluding hydrogens is 840 g/mol. The van der Waals surface area contributed by atoms with Crippen LogP contribution in [0.5, 0.6) is 17.2 Å². The molecule has 0 saturated heterocycles. The second-order valence-electron chi connectivity index (χ2n) is 16.4. The first kappa shape index (κ1) is 38.5. The molecule has 0 radical (unpaired) electrons. The first-order valence-electron chi connectivity index (χ1n) is 18.2. The Hall–Kier alpha value is -4.19. The van der Waals surface area contributed by atoms with E-state index in [2.05, 4.69) is 120 Å². The smallest absolute Gasteiger partial charge is 0.509 e. The summed E-state index contributed by atoms with van der Waals surface area (Å²) in [7, 11) is 3.47. The molecule has 3 atom stereocenters. The molecule has 3 heterocycles. The maximum absolute atomic E-state index is 6.63. The van der Waals surface area contributed by atoms with E-state index >= 15 is 0 Å². The van der Waals surface area contributed by atoms with Crippen molar-refractivity contribution in [2.45, 2.75) is 91.6 Å². The molecule has 1 aliphatic rings. The molecule has 0 amide bonds. The molecule has 3 aromatic heterocycles. The number of allylic oxidation sites excluding steroid dienone is 1. The topological polar surface area (TPSA) is 63.3 Å². The van der Waals surface area contributed by atoms with Crippen LogP contribution in [0.4, 0.5) is 0 Å². The van der Waals surface area contributed by atoms with E-state index in [4.69, 9.17) is 24.3 Å². The second kappa shape index (κ2) is 14.6. The van der Waals surface area contributed by atoms with Gasteiger partial charge in [0, 0.05) is 58.7 Å². The van der Waals surface area contributed by atoms with E-state index < -0.39 is 0 Å². The minimum Gasteiger partial charge on any atom is -0.509 e. The number of hydrogen-bond acceptors (Lipinski definition) is 5. The van der Waals surface area contributed by atoms with Gasteiger partial charge in [-0.3, -0.25) is 4.68 Å². The monoisotopic (exact) mass is 889 g/mol. The predicted octanol–water partition coefficient (Wildman–Crippen LogP) is 10.8. The molecule has 0 N–H and O–H groups in total. The van der Waals surface area contributed by atoms with Gasteiger partial charge in [-0.05, 0) is 42.5 Å². The van der Waals surface area contributed by atoms with Crippen LogP contribution in [-0.2, 0) is 36.6 Å². The van der Waals surface area contributed by atoms with Gasteiger partial charge in [0.2, 0.25) is 0 Å². The summed E-state index contributed by atoms with van der Waals surface area (Å²) in [6, 6.07) is 27.6. The normalized spacial score (nSPS) is 17.9. The van der Waals surface area contributed by atoms with Gasteiger partial charge in [-0.1, -0.05) is 90.8 Å². The molecule has 278 valence electrons. The Morgan fingerprint density at radius 3 is 2.28 bits per heavy atom. The average molecular weight is 890 g/mol. The first-order valence-corrected chi connectivity index (χ1v) is 18.2. The van der Waals surface area contributed by atoms with Gasteiger partial charge in [-0.2, -0.15) is 16.7 Å². The van der Waals surface area contributed by atoms with Gasteiger partial charge in [-0.15, -0.1) is 35.7 Å². The molecule has 3 aromatic carbocycles. The molecule has 0 saturated carbocycles. The predicted molar refractivity (Wildman–Crippen MR) is 210 cm³/mol. The molecule has 7 nitrogen and oxygen atoms in total. The maximum Gasteiger partial charge on any atom is 2.00 e. The first-order chi connectivity index (χ1) is 24.7. The maximum atomic E-state index is 6.63. The van der Waals surface area contributed by atoms with Gasteiger partial charge < -0.3 is 18.8 Å². The Balaban J connectivity index is 0.00000481. The van der Waals surface area contributed by atoms with Crippen molar-refractivity contribution in [2.24, 2.45) is 5.92 Å². The van der Waals surface area contributed by atoms with Crippen LogP contribution < -0.4 is 9.47 Å². The number of hydrogen-bond donors (Lipinski definition) is 0. The van der Waals surface area contributed by atoms with Crippen LogP contribution in [0.2, 0.25) is 0 Å². The molecule has 6 aromatic rings. The van der Waals surface area contributed by atoms with Gasteiger partial charge in [0.15, 0.2) is 0 Å². The Bertz CT molecular complexity index is 2320. The van der Waals surface area contributed by atoms with Crippen molar-refractivity contribution in [3.05, 3.63) is 113 Å². The summed E-state index contributed by atoms with van der Waals surface area (Å²) in [5, 5.41) is 7.64. The number of benzene rings is 3. The summed E-state index contributed by atoms with van der Waals surface area (Å²) in [6.45, 7) is 20.4. The third kappa shape index (κ3) is 7.23. The quantitative estimate of drug-likeness (QED) is 0.118. The number of nitrogens with zero attached hydrogens (tertiary/aromatic N) is 4. The number of rotatable bonds is 7. The summed E-state index contributed by atoms with van der Waals surface area (Å²) >= 11 is 0. The van der Waals surface area contributed by atoms with Crippen LogP contribution >= 0.6 is 0 Å². The summed E-state index contributed by atoms with van der Waals surface area (Å²) in [6.07, 6.45) is 5.17. The van der Waals surface area contributed by atoms with Crippen molar-refractivity contribution >= 4 is 21.8 Å². The second-order valence-corrected chi connectivity index (χ2v) is 16.4. The van der Waals surface area contributed by atoms with Crippen LogP contribution in [0.25, 0.3) is 33.3 Å². The van der Waals surface area contributed by atoms with Crippen LogP contribution in [0.1, 0.15) is 90.2 Å². The third-order valence-electron chi connectivity index (χ3n) is 10.2. The SMILES string of the molecule is COc1ccnc(-n2c3[c-]c(Oc4[c-]c(-n5nc(C(C)(C)C)c(C6C(C)=C[C@H](OC)C[C@@H]6C)c5C(C)(C)C)cc(C)c4)ccc3c3ccccc32)c1.[Pt+2]. The largest absolute Gasteiger partial charge is 2.00 e. The van der Waals surface area contributed by atoms with Crippen molar-refractivity contribution in [3.63, 3.8) is 0 Å². The Morgan fingerprint density at radius 1 is 0.849 bits per heavy atom. The zero-order valence-corrected chi connectivity index (χ0v) is 35.0. The summed E-state index contributed by atoms with van der Waals surface area (Å²) in [5.41, 5.74) is 8.41. The fourth-order valence-electron chi connectivity index (χ4n) is 8.04. The van der Waals surface area contributed by atoms with Crippen molar-refractivity contribution < 1.29 is 35.3 Å². The van der Waals surface area contributed by atoms with Crippen LogP contribution in [0.3, 0.4) is 0 Å². The molecule has 0 spiro atoms. The van der Waals surface area contributed by atoms with Crippen molar-refractivity contribution in [2.75, 3.05) is 14.2 Å². The molecule has 1 unspecified atom stereocenters. The van der Waals surface area contributed by atoms with Gasteiger partial charge in [0.25, 0.3) is 0 Å². The van der Waals surface area contributed by atoms with Crippen LogP contribution in [0, 0.1) is 25.0 Å². The zero-order valence-electron chi connectivity index (χ0n) is 32.7. The number of aryl methyl sites for hydroxylation is 1.